The van der Waals surface area contributed by atoms with Crippen molar-refractivity contribution in [3.8, 4) is 0 Å². The number of benzene rings is 1. The molecule has 0 N–H and O–H groups in total. The number of ether oxygens (including phenoxy) is 1. The first kappa shape index (κ1) is 18.3. The first-order chi connectivity index (χ1) is 12.3. The third-order valence-electron chi connectivity index (χ3n) is 3.78. The summed E-state index contributed by atoms with van der Waals surface area (Å²) in [5.41, 5.74) is -0.0554. The van der Waals surface area contributed by atoms with Gasteiger partial charge in [0, 0.05) is 25.4 Å². The van der Waals surface area contributed by atoms with Gasteiger partial charge in [-0.2, -0.15) is 13.2 Å². The van der Waals surface area contributed by atoms with Gasteiger partial charge in [0.25, 0.3) is 0 Å². The lowest BCUT2D eigenvalue weighted by molar-refractivity contribution is -0.380. The van der Waals surface area contributed by atoms with Gasteiger partial charge in [0.1, 0.15) is 0 Å². The molecule has 0 atom stereocenters. The van der Waals surface area contributed by atoms with Crippen LogP contribution in [0.3, 0.4) is 0 Å². The van der Waals surface area contributed by atoms with Crippen LogP contribution in [0, 0.1) is 10.1 Å². The van der Waals surface area contributed by atoms with Crippen LogP contribution in [0.2, 0.25) is 0 Å². The fourth-order valence-electron chi connectivity index (χ4n) is 2.52. The first-order valence-corrected chi connectivity index (χ1v) is 8.48. The highest BCUT2D eigenvalue weighted by molar-refractivity contribution is 7.16. The van der Waals surface area contributed by atoms with Gasteiger partial charge in [-0.25, -0.2) is 0 Å². The number of nitro groups is 1. The SMILES string of the molecule is O=[N+]([O-])c1ccc(C=Nc2cc(C(F)(F)F)ccc2N2CCOCC2)s1. The highest BCUT2D eigenvalue weighted by atomic mass is 32.1. The van der Waals surface area contributed by atoms with Gasteiger partial charge in [-0.3, -0.25) is 15.1 Å². The quantitative estimate of drug-likeness (QED) is 0.448. The Bertz CT molecular complexity index is 830. The molecule has 0 spiro atoms. The second kappa shape index (κ2) is 7.42. The number of nitrogens with zero attached hydrogens (tertiary/aromatic N) is 3. The average Bonchev–Trinajstić information content (AvgIpc) is 3.09. The van der Waals surface area contributed by atoms with Crippen molar-refractivity contribution in [3.63, 3.8) is 0 Å². The Hall–Kier alpha value is -2.46. The molecule has 0 radical (unpaired) electrons. The minimum absolute atomic E-state index is 0.0519. The van der Waals surface area contributed by atoms with Crippen molar-refractivity contribution >= 4 is 33.9 Å². The van der Waals surface area contributed by atoms with Crippen LogP contribution in [-0.4, -0.2) is 37.4 Å². The van der Waals surface area contributed by atoms with E-state index in [1.807, 2.05) is 4.90 Å². The molecule has 0 unspecified atom stereocenters. The predicted molar refractivity (Wildman–Crippen MR) is 92.7 cm³/mol. The summed E-state index contributed by atoms with van der Waals surface area (Å²) in [5.74, 6) is 0. The molecule has 2 aromatic rings. The summed E-state index contributed by atoms with van der Waals surface area (Å²) in [7, 11) is 0. The molecular weight excluding hydrogens is 371 g/mol. The molecule has 0 bridgehead atoms. The van der Waals surface area contributed by atoms with Gasteiger partial charge in [-0.1, -0.05) is 11.3 Å². The number of halogens is 3. The molecule has 0 amide bonds. The number of anilines is 1. The number of rotatable bonds is 4. The Morgan fingerprint density at radius 1 is 1.23 bits per heavy atom. The normalized spacial score (nSPS) is 15.6. The summed E-state index contributed by atoms with van der Waals surface area (Å²) in [4.78, 5) is 16.8. The van der Waals surface area contributed by atoms with Crippen molar-refractivity contribution in [1.82, 2.24) is 0 Å². The van der Waals surface area contributed by atoms with Gasteiger partial charge in [0.15, 0.2) is 0 Å². The van der Waals surface area contributed by atoms with E-state index in [2.05, 4.69) is 4.99 Å². The number of hydrogen-bond donors (Lipinski definition) is 0. The van der Waals surface area contributed by atoms with Crippen molar-refractivity contribution in [2.45, 2.75) is 6.18 Å². The monoisotopic (exact) mass is 385 g/mol. The van der Waals surface area contributed by atoms with Crippen molar-refractivity contribution in [1.29, 1.82) is 0 Å². The fourth-order valence-corrected chi connectivity index (χ4v) is 3.21. The molecular formula is C16H14F3N3O3S. The number of aliphatic imine (C=N–C) groups is 1. The summed E-state index contributed by atoms with van der Waals surface area (Å²) < 4.78 is 44.4. The molecule has 10 heteroatoms. The van der Waals surface area contributed by atoms with Crippen molar-refractivity contribution < 1.29 is 22.8 Å². The molecule has 1 aromatic carbocycles. The minimum atomic E-state index is -4.48. The molecule has 3 rings (SSSR count). The van der Waals surface area contributed by atoms with E-state index in [0.29, 0.717) is 36.9 Å². The van der Waals surface area contributed by atoms with E-state index >= 15 is 0 Å². The third-order valence-corrected chi connectivity index (χ3v) is 4.75. The second-order valence-corrected chi connectivity index (χ2v) is 6.59. The maximum Gasteiger partial charge on any atom is 0.416 e. The van der Waals surface area contributed by atoms with Gasteiger partial charge in [0.05, 0.1) is 40.0 Å². The van der Waals surface area contributed by atoms with Crippen LogP contribution < -0.4 is 4.90 Å². The van der Waals surface area contributed by atoms with Crippen LogP contribution in [-0.2, 0) is 10.9 Å². The van der Waals surface area contributed by atoms with Gasteiger partial charge < -0.3 is 9.64 Å². The second-order valence-electron chi connectivity index (χ2n) is 5.49. The lowest BCUT2D eigenvalue weighted by atomic mass is 10.1. The summed E-state index contributed by atoms with van der Waals surface area (Å²) in [6.45, 7) is 2.08. The largest absolute Gasteiger partial charge is 0.416 e. The number of hydrogen-bond acceptors (Lipinski definition) is 6. The van der Waals surface area contributed by atoms with Crippen LogP contribution in [0.5, 0.6) is 0 Å². The van der Waals surface area contributed by atoms with Crippen molar-refractivity contribution in [2.75, 3.05) is 31.2 Å². The Morgan fingerprint density at radius 2 is 1.96 bits per heavy atom. The van der Waals surface area contributed by atoms with Crippen molar-refractivity contribution in [2.24, 2.45) is 4.99 Å². The average molecular weight is 385 g/mol. The Kier molecular flexibility index (Phi) is 5.23. The van der Waals surface area contributed by atoms with Gasteiger partial charge in [-0.05, 0) is 24.3 Å². The standard InChI is InChI=1S/C16H14F3N3O3S/c17-16(18,19)11-1-3-14(21-5-7-25-8-6-21)13(9-11)20-10-12-2-4-15(26-12)22(23)24/h1-4,9-10H,5-8H2. The fraction of sp³-hybridized carbons (Fsp3) is 0.312. The molecule has 1 aromatic heterocycles. The first-order valence-electron chi connectivity index (χ1n) is 7.67. The molecule has 138 valence electrons. The van der Waals surface area contributed by atoms with E-state index in [4.69, 9.17) is 4.74 Å². The third kappa shape index (κ3) is 4.20. The van der Waals surface area contributed by atoms with E-state index in [9.17, 15) is 23.3 Å². The summed E-state index contributed by atoms with van der Waals surface area (Å²) in [6.07, 6.45) is -3.13. The summed E-state index contributed by atoms with van der Waals surface area (Å²) in [6, 6.07) is 6.26. The van der Waals surface area contributed by atoms with Crippen LogP contribution >= 0.6 is 11.3 Å². The molecule has 26 heavy (non-hydrogen) atoms. The van der Waals surface area contributed by atoms with Crippen LogP contribution in [0.15, 0.2) is 35.3 Å². The van der Waals surface area contributed by atoms with Gasteiger partial charge in [0.2, 0.25) is 0 Å². The Labute approximate surface area is 150 Å². The number of alkyl halides is 3. The maximum absolute atomic E-state index is 13.0. The molecule has 1 aliphatic rings. The molecule has 0 saturated carbocycles. The molecule has 6 nitrogen and oxygen atoms in total. The zero-order valence-corrected chi connectivity index (χ0v) is 14.2. The summed E-state index contributed by atoms with van der Waals surface area (Å²) in [5, 5.41) is 10.7. The Morgan fingerprint density at radius 3 is 2.58 bits per heavy atom. The van der Waals surface area contributed by atoms with Gasteiger partial charge >= 0.3 is 11.2 Å². The molecule has 0 aliphatic carbocycles. The van der Waals surface area contributed by atoms with Gasteiger partial charge in [-0.15, -0.1) is 0 Å². The van der Waals surface area contributed by atoms with E-state index in [1.54, 1.807) is 0 Å². The number of thiophene rings is 1. The molecule has 1 fully saturated rings. The zero-order chi connectivity index (χ0) is 18.7. The topological polar surface area (TPSA) is 68.0 Å². The minimum Gasteiger partial charge on any atom is -0.378 e. The summed E-state index contributed by atoms with van der Waals surface area (Å²) >= 11 is 0.907. The molecule has 1 aliphatic heterocycles. The smallest absolute Gasteiger partial charge is 0.378 e. The zero-order valence-electron chi connectivity index (χ0n) is 13.4. The lowest BCUT2D eigenvalue weighted by Gasteiger charge is -2.30. The van der Waals surface area contributed by atoms with E-state index < -0.39 is 16.7 Å². The number of morpholine rings is 1. The van der Waals surface area contributed by atoms with Crippen LogP contribution in [0.4, 0.5) is 29.5 Å². The Balaban J connectivity index is 1.95. The molecule has 1 saturated heterocycles. The van der Waals surface area contributed by atoms with E-state index in [0.717, 1.165) is 23.5 Å². The maximum atomic E-state index is 13.0. The lowest BCUT2D eigenvalue weighted by Crippen LogP contribution is -2.36. The van der Waals surface area contributed by atoms with E-state index in [-0.39, 0.29) is 10.7 Å². The molecule has 2 heterocycles. The van der Waals surface area contributed by atoms with Crippen LogP contribution in [0.25, 0.3) is 0 Å². The van der Waals surface area contributed by atoms with Crippen LogP contribution in [0.1, 0.15) is 10.4 Å². The highest BCUT2D eigenvalue weighted by Gasteiger charge is 2.31. The highest BCUT2D eigenvalue weighted by Crippen LogP contribution is 2.37. The van der Waals surface area contributed by atoms with Crippen molar-refractivity contribution in [3.05, 3.63) is 50.9 Å². The van der Waals surface area contributed by atoms with E-state index in [1.165, 1.54) is 24.4 Å². The predicted octanol–water partition coefficient (Wildman–Crippen LogP) is 4.26.